The largest absolute Gasteiger partial charge is 0.492 e. The Morgan fingerprint density at radius 1 is 1.25 bits per heavy atom. The first-order valence-corrected chi connectivity index (χ1v) is 6.64. The van der Waals surface area contributed by atoms with E-state index < -0.39 is 5.97 Å². The molecule has 0 atom stereocenters. The fourth-order valence-electron chi connectivity index (χ4n) is 1.82. The van der Waals surface area contributed by atoms with Gasteiger partial charge in [-0.25, -0.2) is 4.39 Å². The molecule has 1 aromatic rings. The molecule has 0 aliphatic rings. The minimum Gasteiger partial charge on any atom is -0.492 e. The average Bonchev–Trinajstić information content (AvgIpc) is 2.34. The number of hydrogen-bond acceptors (Lipinski definition) is 3. The van der Waals surface area contributed by atoms with Crippen LogP contribution in [-0.4, -0.2) is 41.2 Å². The number of halogens is 1. The highest BCUT2D eigenvalue weighted by Crippen LogP contribution is 2.15. The molecule has 1 rings (SSSR count). The van der Waals surface area contributed by atoms with Crippen molar-refractivity contribution in [1.29, 1.82) is 0 Å². The normalized spacial score (nSPS) is 11.7. The summed E-state index contributed by atoms with van der Waals surface area (Å²) >= 11 is 0. The molecule has 0 unspecified atom stereocenters. The van der Waals surface area contributed by atoms with Crippen LogP contribution in [-0.2, 0) is 4.79 Å². The molecule has 0 aliphatic heterocycles. The van der Waals surface area contributed by atoms with Crippen LogP contribution in [0.15, 0.2) is 24.3 Å². The number of aliphatic carboxylic acids is 1. The molecule has 0 aliphatic carbocycles. The minimum absolute atomic E-state index is 0.105. The van der Waals surface area contributed by atoms with Crippen LogP contribution >= 0.6 is 0 Å². The van der Waals surface area contributed by atoms with E-state index in [1.165, 1.54) is 12.1 Å². The number of carbonyl (C=O) groups is 1. The summed E-state index contributed by atoms with van der Waals surface area (Å²) in [7, 11) is 0. The van der Waals surface area contributed by atoms with Crippen LogP contribution in [0.2, 0.25) is 0 Å². The molecule has 112 valence electrons. The zero-order chi connectivity index (χ0) is 15.2. The highest BCUT2D eigenvalue weighted by atomic mass is 19.1. The number of hydrogen-bond donors (Lipinski definition) is 1. The fourth-order valence-corrected chi connectivity index (χ4v) is 1.82. The van der Waals surface area contributed by atoms with Gasteiger partial charge in [-0.3, -0.25) is 9.69 Å². The summed E-state index contributed by atoms with van der Waals surface area (Å²) in [6.45, 7) is 7.63. The Morgan fingerprint density at radius 2 is 1.85 bits per heavy atom. The van der Waals surface area contributed by atoms with E-state index in [1.807, 2.05) is 20.8 Å². The highest BCUT2D eigenvalue weighted by Gasteiger charge is 2.21. The van der Waals surface area contributed by atoms with Crippen LogP contribution in [0.25, 0.3) is 0 Å². The zero-order valence-corrected chi connectivity index (χ0v) is 12.2. The second-order valence-electron chi connectivity index (χ2n) is 5.60. The van der Waals surface area contributed by atoms with Crippen molar-refractivity contribution in [2.24, 2.45) is 0 Å². The van der Waals surface area contributed by atoms with Crippen molar-refractivity contribution >= 4 is 5.97 Å². The van der Waals surface area contributed by atoms with Gasteiger partial charge in [0.2, 0.25) is 0 Å². The summed E-state index contributed by atoms with van der Waals surface area (Å²) in [5.74, 6) is -0.493. The van der Waals surface area contributed by atoms with Crippen LogP contribution in [0.1, 0.15) is 27.2 Å². The molecule has 0 saturated carbocycles. The Hall–Kier alpha value is -1.62. The van der Waals surface area contributed by atoms with E-state index in [-0.39, 0.29) is 17.8 Å². The SMILES string of the molecule is CC(C)(C)N(CCOc1ccc(F)cc1)CCC(=O)O. The van der Waals surface area contributed by atoms with E-state index in [9.17, 15) is 9.18 Å². The van der Waals surface area contributed by atoms with E-state index in [0.29, 0.717) is 25.4 Å². The smallest absolute Gasteiger partial charge is 0.304 e. The Labute approximate surface area is 119 Å². The molecule has 5 heteroatoms. The lowest BCUT2D eigenvalue weighted by Gasteiger charge is -2.35. The summed E-state index contributed by atoms with van der Waals surface area (Å²) in [5, 5.41) is 8.76. The second-order valence-corrected chi connectivity index (χ2v) is 5.60. The van der Waals surface area contributed by atoms with E-state index in [2.05, 4.69) is 4.90 Å². The van der Waals surface area contributed by atoms with Crippen LogP contribution in [0.3, 0.4) is 0 Å². The van der Waals surface area contributed by atoms with Gasteiger partial charge in [-0.1, -0.05) is 0 Å². The molecule has 1 N–H and O–H groups in total. The summed E-state index contributed by atoms with van der Waals surface area (Å²) in [4.78, 5) is 12.7. The van der Waals surface area contributed by atoms with Crippen LogP contribution in [0.4, 0.5) is 4.39 Å². The monoisotopic (exact) mass is 283 g/mol. The van der Waals surface area contributed by atoms with Crippen LogP contribution in [0.5, 0.6) is 5.75 Å². The van der Waals surface area contributed by atoms with Crippen molar-refractivity contribution in [3.8, 4) is 5.75 Å². The van der Waals surface area contributed by atoms with Gasteiger partial charge >= 0.3 is 5.97 Å². The third-order valence-corrected chi connectivity index (χ3v) is 2.99. The van der Waals surface area contributed by atoms with Gasteiger partial charge in [0.1, 0.15) is 18.2 Å². The Kier molecular flexibility index (Phi) is 5.95. The van der Waals surface area contributed by atoms with Gasteiger partial charge in [0.15, 0.2) is 0 Å². The van der Waals surface area contributed by atoms with Crippen molar-refractivity contribution < 1.29 is 19.0 Å². The quantitative estimate of drug-likeness (QED) is 0.836. The van der Waals surface area contributed by atoms with Gasteiger partial charge in [-0.05, 0) is 45.0 Å². The second kappa shape index (κ2) is 7.24. The van der Waals surface area contributed by atoms with Crippen molar-refractivity contribution in [2.45, 2.75) is 32.7 Å². The van der Waals surface area contributed by atoms with Gasteiger partial charge in [0.25, 0.3) is 0 Å². The predicted octanol–water partition coefficient (Wildman–Crippen LogP) is 2.78. The lowest BCUT2D eigenvalue weighted by atomic mass is 10.1. The molecule has 0 saturated heterocycles. The predicted molar refractivity (Wildman–Crippen MR) is 75.5 cm³/mol. The number of benzene rings is 1. The molecule has 0 radical (unpaired) electrons. The molecule has 20 heavy (non-hydrogen) atoms. The first-order chi connectivity index (χ1) is 9.29. The van der Waals surface area contributed by atoms with Crippen LogP contribution < -0.4 is 4.74 Å². The van der Waals surface area contributed by atoms with Crippen LogP contribution in [0, 0.1) is 5.82 Å². The number of rotatable bonds is 7. The summed E-state index contributed by atoms with van der Waals surface area (Å²) < 4.78 is 18.3. The summed E-state index contributed by atoms with van der Waals surface area (Å²) in [5.41, 5.74) is -0.123. The topological polar surface area (TPSA) is 49.8 Å². The minimum atomic E-state index is -0.807. The van der Waals surface area contributed by atoms with Gasteiger partial charge in [0.05, 0.1) is 6.42 Å². The van der Waals surface area contributed by atoms with E-state index in [0.717, 1.165) is 0 Å². The molecule has 0 spiro atoms. The lowest BCUT2D eigenvalue weighted by molar-refractivity contribution is -0.137. The van der Waals surface area contributed by atoms with E-state index in [4.69, 9.17) is 9.84 Å². The van der Waals surface area contributed by atoms with E-state index in [1.54, 1.807) is 12.1 Å². The van der Waals surface area contributed by atoms with E-state index >= 15 is 0 Å². The lowest BCUT2D eigenvalue weighted by Crippen LogP contribution is -2.44. The maximum absolute atomic E-state index is 12.8. The third-order valence-electron chi connectivity index (χ3n) is 2.99. The number of carboxylic acid groups (broad SMARTS) is 1. The van der Waals surface area contributed by atoms with Gasteiger partial charge in [-0.2, -0.15) is 0 Å². The van der Waals surface area contributed by atoms with Gasteiger partial charge in [0, 0.05) is 18.6 Å². The fraction of sp³-hybridized carbons (Fsp3) is 0.533. The van der Waals surface area contributed by atoms with Crippen molar-refractivity contribution in [2.75, 3.05) is 19.7 Å². The Balaban J connectivity index is 2.45. The molecular formula is C15H22FNO3. The molecule has 0 fully saturated rings. The summed E-state index contributed by atoms with van der Waals surface area (Å²) in [6, 6.07) is 5.85. The zero-order valence-electron chi connectivity index (χ0n) is 12.2. The molecular weight excluding hydrogens is 261 g/mol. The molecule has 1 aromatic carbocycles. The van der Waals surface area contributed by atoms with Crippen molar-refractivity contribution in [3.05, 3.63) is 30.1 Å². The van der Waals surface area contributed by atoms with Crippen molar-refractivity contribution in [3.63, 3.8) is 0 Å². The highest BCUT2D eigenvalue weighted by molar-refractivity contribution is 5.66. The van der Waals surface area contributed by atoms with Gasteiger partial charge in [-0.15, -0.1) is 0 Å². The number of nitrogens with zero attached hydrogens (tertiary/aromatic N) is 1. The van der Waals surface area contributed by atoms with Gasteiger partial charge < -0.3 is 9.84 Å². The molecule has 4 nitrogen and oxygen atoms in total. The first-order valence-electron chi connectivity index (χ1n) is 6.64. The molecule has 0 amide bonds. The standard InChI is InChI=1S/C15H22FNO3/c1-15(2,3)17(9-8-14(18)19)10-11-20-13-6-4-12(16)5-7-13/h4-7H,8-11H2,1-3H3,(H,18,19). The molecule has 0 bridgehead atoms. The van der Waals surface area contributed by atoms with Crippen molar-refractivity contribution in [1.82, 2.24) is 4.90 Å². The maximum Gasteiger partial charge on any atom is 0.304 e. The summed E-state index contributed by atoms with van der Waals surface area (Å²) in [6.07, 6.45) is 0.105. The molecule has 0 aromatic heterocycles. The first kappa shape index (κ1) is 16.4. The number of ether oxygens (including phenoxy) is 1. The Bertz CT molecular complexity index is 426. The molecule has 0 heterocycles. The third kappa shape index (κ3) is 6.02. The average molecular weight is 283 g/mol. The Morgan fingerprint density at radius 3 is 2.35 bits per heavy atom. The number of carboxylic acids is 1. The maximum atomic E-state index is 12.8.